The molecule has 1 heterocycles. The number of hydrogen-bond acceptors (Lipinski definition) is 5. The Morgan fingerprint density at radius 3 is 2.96 bits per heavy atom. The topological polar surface area (TPSA) is 69.0 Å². The molecule has 1 N–H and O–H groups in total. The molecular formula is C17H22N4O2S. The van der Waals surface area contributed by atoms with Crippen molar-refractivity contribution >= 4 is 17.7 Å². The number of aryl methyl sites for hydroxylation is 2. The summed E-state index contributed by atoms with van der Waals surface area (Å²) in [5, 5.41) is 12.0. The lowest BCUT2D eigenvalue weighted by atomic mass is 10.2. The molecule has 1 aromatic heterocycles. The van der Waals surface area contributed by atoms with Crippen LogP contribution >= 0.6 is 11.8 Å². The van der Waals surface area contributed by atoms with Gasteiger partial charge in [0.25, 0.3) is 0 Å². The van der Waals surface area contributed by atoms with Gasteiger partial charge in [-0.3, -0.25) is 4.79 Å². The molecule has 24 heavy (non-hydrogen) atoms. The Hall–Kier alpha value is -2.02. The van der Waals surface area contributed by atoms with E-state index < -0.39 is 0 Å². The number of rotatable bonds is 8. The maximum Gasteiger partial charge on any atom is 0.230 e. The summed E-state index contributed by atoms with van der Waals surface area (Å²) in [5.41, 5.74) is 1.16. The van der Waals surface area contributed by atoms with Gasteiger partial charge in [-0.05, 0) is 44.4 Å². The number of benzene rings is 1. The highest BCUT2D eigenvalue weighted by molar-refractivity contribution is 7.99. The highest BCUT2D eigenvalue weighted by atomic mass is 32.2. The number of ether oxygens (including phenoxy) is 1. The molecule has 7 heteroatoms. The molecule has 1 saturated carbocycles. The summed E-state index contributed by atoms with van der Waals surface area (Å²) < 4.78 is 7.75. The van der Waals surface area contributed by atoms with Gasteiger partial charge in [0.05, 0.1) is 12.3 Å². The van der Waals surface area contributed by atoms with Crippen molar-refractivity contribution < 1.29 is 9.53 Å². The fourth-order valence-electron chi connectivity index (χ4n) is 2.45. The van der Waals surface area contributed by atoms with Gasteiger partial charge in [0.15, 0.2) is 5.16 Å². The third-order valence-corrected chi connectivity index (χ3v) is 4.70. The fourth-order valence-corrected chi connectivity index (χ4v) is 3.33. The zero-order valence-electron chi connectivity index (χ0n) is 14.0. The number of hydrogen-bond donors (Lipinski definition) is 1. The molecule has 1 aliphatic rings. The van der Waals surface area contributed by atoms with E-state index in [1.54, 1.807) is 0 Å². The van der Waals surface area contributed by atoms with Crippen molar-refractivity contribution in [1.29, 1.82) is 0 Å². The van der Waals surface area contributed by atoms with E-state index in [-0.39, 0.29) is 5.91 Å². The Morgan fingerprint density at radius 1 is 1.38 bits per heavy atom. The first-order valence-corrected chi connectivity index (χ1v) is 9.12. The smallest absolute Gasteiger partial charge is 0.230 e. The number of aromatic nitrogens is 3. The van der Waals surface area contributed by atoms with Crippen LogP contribution in [0, 0.1) is 13.8 Å². The van der Waals surface area contributed by atoms with Gasteiger partial charge in [-0.2, -0.15) is 0 Å². The summed E-state index contributed by atoms with van der Waals surface area (Å²) in [5.74, 6) is 2.07. The number of amides is 1. The van der Waals surface area contributed by atoms with Gasteiger partial charge in [0.2, 0.25) is 5.91 Å². The second-order valence-electron chi connectivity index (χ2n) is 5.93. The standard InChI is InChI=1S/C17H22N4O2S/c1-12-4-3-5-15(10-12)23-9-8-18-16(22)11-24-17-20-19-13(2)21(17)14-6-7-14/h3-5,10,14H,6-9,11H2,1-2H3,(H,18,22). The van der Waals surface area contributed by atoms with Crippen molar-refractivity contribution in [2.24, 2.45) is 0 Å². The molecule has 1 amide bonds. The predicted molar refractivity (Wildman–Crippen MR) is 93.4 cm³/mol. The minimum absolute atomic E-state index is 0.0177. The maximum absolute atomic E-state index is 11.9. The van der Waals surface area contributed by atoms with Crippen molar-refractivity contribution in [3.8, 4) is 5.75 Å². The van der Waals surface area contributed by atoms with Gasteiger partial charge >= 0.3 is 0 Å². The Morgan fingerprint density at radius 2 is 2.21 bits per heavy atom. The third-order valence-electron chi connectivity index (χ3n) is 3.76. The van der Waals surface area contributed by atoms with E-state index in [2.05, 4.69) is 20.1 Å². The van der Waals surface area contributed by atoms with E-state index in [0.29, 0.717) is 24.9 Å². The molecule has 0 bridgehead atoms. The van der Waals surface area contributed by atoms with Crippen LogP contribution < -0.4 is 10.1 Å². The molecule has 0 spiro atoms. The summed E-state index contributed by atoms with van der Waals surface area (Å²) in [6, 6.07) is 8.39. The SMILES string of the molecule is Cc1cccc(OCCNC(=O)CSc2nnc(C)n2C2CC2)c1. The minimum atomic E-state index is -0.0177. The lowest BCUT2D eigenvalue weighted by Gasteiger charge is -2.09. The van der Waals surface area contributed by atoms with Gasteiger partial charge < -0.3 is 14.6 Å². The average Bonchev–Trinajstić information content (AvgIpc) is 3.33. The molecule has 0 radical (unpaired) electrons. The maximum atomic E-state index is 11.9. The molecule has 0 unspecified atom stereocenters. The zero-order valence-corrected chi connectivity index (χ0v) is 14.8. The molecule has 1 aromatic carbocycles. The fraction of sp³-hybridized carbons (Fsp3) is 0.471. The van der Waals surface area contributed by atoms with Crippen LogP contribution in [0.25, 0.3) is 0 Å². The molecule has 1 fully saturated rings. The summed E-state index contributed by atoms with van der Waals surface area (Å²) in [4.78, 5) is 11.9. The Labute approximate surface area is 146 Å². The number of nitrogens with one attached hydrogen (secondary N) is 1. The van der Waals surface area contributed by atoms with Crippen LogP contribution in [0.4, 0.5) is 0 Å². The van der Waals surface area contributed by atoms with E-state index >= 15 is 0 Å². The van der Waals surface area contributed by atoms with E-state index in [1.807, 2.05) is 38.1 Å². The van der Waals surface area contributed by atoms with Crippen LogP contribution in [0.5, 0.6) is 5.75 Å². The monoisotopic (exact) mass is 346 g/mol. The third kappa shape index (κ3) is 4.50. The van der Waals surface area contributed by atoms with Crippen molar-refractivity contribution in [1.82, 2.24) is 20.1 Å². The Kier molecular flexibility index (Phi) is 5.40. The van der Waals surface area contributed by atoms with Crippen molar-refractivity contribution in [3.05, 3.63) is 35.7 Å². The van der Waals surface area contributed by atoms with Crippen LogP contribution in [-0.4, -0.2) is 39.6 Å². The molecule has 0 saturated heterocycles. The van der Waals surface area contributed by atoms with E-state index in [1.165, 1.54) is 24.6 Å². The second-order valence-corrected chi connectivity index (χ2v) is 6.88. The second kappa shape index (κ2) is 7.70. The first-order valence-electron chi connectivity index (χ1n) is 8.14. The lowest BCUT2D eigenvalue weighted by molar-refractivity contribution is -0.118. The Bertz CT molecular complexity index is 712. The molecule has 2 aromatic rings. The van der Waals surface area contributed by atoms with Crippen LogP contribution in [0.3, 0.4) is 0 Å². The van der Waals surface area contributed by atoms with Crippen molar-refractivity contribution in [3.63, 3.8) is 0 Å². The van der Waals surface area contributed by atoms with E-state index in [4.69, 9.17) is 4.74 Å². The number of carbonyl (C=O) groups is 1. The van der Waals surface area contributed by atoms with Gasteiger partial charge in [-0.15, -0.1) is 10.2 Å². The summed E-state index contributed by atoms with van der Waals surface area (Å²) in [6.45, 7) is 4.92. The average molecular weight is 346 g/mol. The normalized spacial score (nSPS) is 13.8. The number of thioether (sulfide) groups is 1. The van der Waals surface area contributed by atoms with Gasteiger partial charge in [0.1, 0.15) is 18.2 Å². The summed E-state index contributed by atoms with van der Waals surface area (Å²) >= 11 is 1.44. The van der Waals surface area contributed by atoms with Crippen LogP contribution in [0.15, 0.2) is 29.4 Å². The zero-order chi connectivity index (χ0) is 16.9. The van der Waals surface area contributed by atoms with Gasteiger partial charge in [-0.1, -0.05) is 23.9 Å². The van der Waals surface area contributed by atoms with E-state index in [9.17, 15) is 4.79 Å². The number of carbonyl (C=O) groups excluding carboxylic acids is 1. The predicted octanol–water partition coefficient (Wildman–Crippen LogP) is 2.52. The highest BCUT2D eigenvalue weighted by Gasteiger charge is 2.28. The molecule has 128 valence electrons. The summed E-state index contributed by atoms with van der Waals surface area (Å²) in [7, 11) is 0. The largest absolute Gasteiger partial charge is 0.492 e. The van der Waals surface area contributed by atoms with E-state index in [0.717, 1.165) is 22.3 Å². The Balaban J connectivity index is 1.37. The molecule has 1 aliphatic carbocycles. The summed E-state index contributed by atoms with van der Waals surface area (Å²) in [6.07, 6.45) is 2.35. The molecule has 6 nitrogen and oxygen atoms in total. The molecule has 0 aliphatic heterocycles. The van der Waals surface area contributed by atoms with Crippen LogP contribution in [-0.2, 0) is 4.79 Å². The lowest BCUT2D eigenvalue weighted by Crippen LogP contribution is -2.29. The van der Waals surface area contributed by atoms with Gasteiger partial charge in [-0.25, -0.2) is 0 Å². The first kappa shape index (κ1) is 16.8. The minimum Gasteiger partial charge on any atom is -0.492 e. The molecular weight excluding hydrogens is 324 g/mol. The van der Waals surface area contributed by atoms with Crippen molar-refractivity contribution in [2.45, 2.75) is 37.9 Å². The quantitative estimate of drug-likeness (QED) is 0.587. The van der Waals surface area contributed by atoms with Crippen LogP contribution in [0.2, 0.25) is 0 Å². The molecule has 3 rings (SSSR count). The van der Waals surface area contributed by atoms with Gasteiger partial charge in [0, 0.05) is 6.04 Å². The van der Waals surface area contributed by atoms with Crippen LogP contribution in [0.1, 0.15) is 30.3 Å². The molecule has 0 atom stereocenters. The highest BCUT2D eigenvalue weighted by Crippen LogP contribution is 2.38. The van der Waals surface area contributed by atoms with Crippen molar-refractivity contribution in [2.75, 3.05) is 18.9 Å². The first-order chi connectivity index (χ1) is 11.6. The number of nitrogens with zero attached hydrogens (tertiary/aromatic N) is 3.